The number of nitrogens with zero attached hydrogens (tertiary/aromatic N) is 1. The number of amides is 1. The lowest BCUT2D eigenvalue weighted by Crippen LogP contribution is -2.59. The number of morpholine rings is 1. The van der Waals surface area contributed by atoms with Crippen LogP contribution in [0.2, 0.25) is 0 Å². The lowest BCUT2D eigenvalue weighted by Gasteiger charge is -2.41. The highest BCUT2D eigenvalue weighted by atomic mass is 16.5. The summed E-state index contributed by atoms with van der Waals surface area (Å²) in [6.45, 7) is 6.52. The van der Waals surface area contributed by atoms with E-state index < -0.39 is 5.60 Å². The first-order valence-electron chi connectivity index (χ1n) is 7.17. The standard InChI is InChI=1S/C13H25N3O3/c1-2-15-12(17)11-9-19-8-7-16(11)10-13(18)3-5-14-6-4-13/h11,14,18H,2-10H2,1H3,(H,15,17). The zero-order chi connectivity index (χ0) is 13.7. The molecule has 1 unspecified atom stereocenters. The number of carbonyl (C=O) groups is 1. The third kappa shape index (κ3) is 3.89. The smallest absolute Gasteiger partial charge is 0.239 e. The van der Waals surface area contributed by atoms with Crippen molar-refractivity contribution >= 4 is 5.91 Å². The molecule has 110 valence electrons. The van der Waals surface area contributed by atoms with Gasteiger partial charge in [-0.05, 0) is 32.9 Å². The Hall–Kier alpha value is -0.690. The van der Waals surface area contributed by atoms with Gasteiger partial charge in [-0.1, -0.05) is 0 Å². The predicted molar refractivity (Wildman–Crippen MR) is 71.9 cm³/mol. The number of aliphatic hydroxyl groups is 1. The lowest BCUT2D eigenvalue weighted by molar-refractivity contribution is -0.136. The van der Waals surface area contributed by atoms with Gasteiger partial charge in [0.1, 0.15) is 6.04 Å². The van der Waals surface area contributed by atoms with E-state index in [1.54, 1.807) is 0 Å². The van der Waals surface area contributed by atoms with Crippen LogP contribution in [0.5, 0.6) is 0 Å². The van der Waals surface area contributed by atoms with E-state index in [1.165, 1.54) is 0 Å². The molecule has 2 rings (SSSR count). The molecule has 6 nitrogen and oxygen atoms in total. The molecule has 0 aliphatic carbocycles. The minimum absolute atomic E-state index is 0.000246. The van der Waals surface area contributed by atoms with Crippen molar-refractivity contribution < 1.29 is 14.6 Å². The molecular weight excluding hydrogens is 246 g/mol. The van der Waals surface area contributed by atoms with E-state index in [0.29, 0.717) is 32.8 Å². The van der Waals surface area contributed by atoms with Gasteiger partial charge in [0, 0.05) is 19.6 Å². The highest BCUT2D eigenvalue weighted by Gasteiger charge is 2.37. The molecule has 0 aromatic heterocycles. The summed E-state index contributed by atoms with van der Waals surface area (Å²) in [6, 6.07) is -0.271. The molecule has 2 saturated heterocycles. The Bertz CT molecular complexity index is 306. The maximum atomic E-state index is 12.0. The van der Waals surface area contributed by atoms with E-state index in [0.717, 1.165) is 25.9 Å². The highest BCUT2D eigenvalue weighted by Crippen LogP contribution is 2.21. The molecule has 3 N–H and O–H groups in total. The molecule has 2 heterocycles. The van der Waals surface area contributed by atoms with Crippen LogP contribution in [0.25, 0.3) is 0 Å². The predicted octanol–water partition coefficient (Wildman–Crippen LogP) is -1.06. The molecule has 1 amide bonds. The first kappa shape index (κ1) is 14.7. The van der Waals surface area contributed by atoms with Gasteiger partial charge in [-0.15, -0.1) is 0 Å². The van der Waals surface area contributed by atoms with Crippen LogP contribution < -0.4 is 10.6 Å². The first-order valence-corrected chi connectivity index (χ1v) is 7.17. The van der Waals surface area contributed by atoms with Crippen LogP contribution in [-0.2, 0) is 9.53 Å². The number of hydrogen-bond donors (Lipinski definition) is 3. The minimum atomic E-state index is -0.673. The van der Waals surface area contributed by atoms with E-state index >= 15 is 0 Å². The van der Waals surface area contributed by atoms with Gasteiger partial charge in [-0.2, -0.15) is 0 Å². The maximum Gasteiger partial charge on any atom is 0.239 e. The fourth-order valence-electron chi connectivity index (χ4n) is 2.79. The van der Waals surface area contributed by atoms with Crippen molar-refractivity contribution in [3.63, 3.8) is 0 Å². The van der Waals surface area contributed by atoms with Crippen molar-refractivity contribution in [3.8, 4) is 0 Å². The van der Waals surface area contributed by atoms with E-state index in [-0.39, 0.29) is 11.9 Å². The van der Waals surface area contributed by atoms with Crippen molar-refractivity contribution in [1.29, 1.82) is 0 Å². The van der Waals surface area contributed by atoms with Crippen LogP contribution in [0.1, 0.15) is 19.8 Å². The lowest BCUT2D eigenvalue weighted by atomic mass is 9.91. The Morgan fingerprint density at radius 2 is 2.26 bits per heavy atom. The van der Waals surface area contributed by atoms with E-state index in [4.69, 9.17) is 4.74 Å². The fraction of sp³-hybridized carbons (Fsp3) is 0.923. The van der Waals surface area contributed by atoms with Gasteiger partial charge in [0.15, 0.2) is 0 Å². The molecule has 0 bridgehead atoms. The Kier molecular flexibility index (Phi) is 5.15. The molecular formula is C13H25N3O3. The van der Waals surface area contributed by atoms with Gasteiger partial charge in [0.05, 0.1) is 18.8 Å². The number of piperidine rings is 1. The van der Waals surface area contributed by atoms with E-state index in [1.807, 2.05) is 6.92 Å². The second-order valence-corrected chi connectivity index (χ2v) is 5.43. The average Bonchev–Trinajstić information content (AvgIpc) is 2.40. The third-order valence-corrected chi connectivity index (χ3v) is 3.92. The molecule has 0 spiro atoms. The zero-order valence-electron chi connectivity index (χ0n) is 11.7. The van der Waals surface area contributed by atoms with Crippen LogP contribution in [-0.4, -0.2) is 73.5 Å². The van der Waals surface area contributed by atoms with Gasteiger partial charge in [0.25, 0.3) is 0 Å². The van der Waals surface area contributed by atoms with Crippen molar-refractivity contribution in [3.05, 3.63) is 0 Å². The van der Waals surface area contributed by atoms with E-state index in [9.17, 15) is 9.90 Å². The van der Waals surface area contributed by atoms with Gasteiger partial charge in [0.2, 0.25) is 5.91 Å². The Balaban J connectivity index is 1.96. The van der Waals surface area contributed by atoms with Crippen LogP contribution >= 0.6 is 0 Å². The van der Waals surface area contributed by atoms with Crippen molar-refractivity contribution in [1.82, 2.24) is 15.5 Å². The number of rotatable bonds is 4. The van der Waals surface area contributed by atoms with Gasteiger partial charge in [-0.25, -0.2) is 0 Å². The normalized spacial score (nSPS) is 28.0. The summed E-state index contributed by atoms with van der Waals surface area (Å²) < 4.78 is 5.41. The molecule has 0 aromatic rings. The molecule has 1 atom stereocenters. The number of ether oxygens (including phenoxy) is 1. The molecule has 19 heavy (non-hydrogen) atoms. The summed E-state index contributed by atoms with van der Waals surface area (Å²) in [5.41, 5.74) is -0.673. The summed E-state index contributed by atoms with van der Waals surface area (Å²) in [4.78, 5) is 14.1. The summed E-state index contributed by atoms with van der Waals surface area (Å²) in [6.07, 6.45) is 1.49. The monoisotopic (exact) mass is 271 g/mol. The number of hydrogen-bond acceptors (Lipinski definition) is 5. The Morgan fingerprint density at radius 1 is 1.53 bits per heavy atom. The van der Waals surface area contributed by atoms with Crippen LogP contribution in [0.3, 0.4) is 0 Å². The molecule has 2 fully saturated rings. The molecule has 0 aromatic carbocycles. The van der Waals surface area contributed by atoms with E-state index in [2.05, 4.69) is 15.5 Å². The SMILES string of the molecule is CCNC(=O)C1COCCN1CC1(O)CCNCC1. The van der Waals surface area contributed by atoms with Crippen LogP contribution in [0.15, 0.2) is 0 Å². The van der Waals surface area contributed by atoms with Gasteiger partial charge >= 0.3 is 0 Å². The quantitative estimate of drug-likeness (QED) is 0.608. The second-order valence-electron chi connectivity index (χ2n) is 5.43. The van der Waals surface area contributed by atoms with Crippen molar-refractivity contribution in [2.24, 2.45) is 0 Å². The maximum absolute atomic E-state index is 12.0. The summed E-state index contributed by atoms with van der Waals surface area (Å²) in [7, 11) is 0. The molecule has 0 radical (unpaired) electrons. The third-order valence-electron chi connectivity index (χ3n) is 3.92. The number of likely N-dealkylation sites (N-methyl/N-ethyl adjacent to an activating group) is 1. The minimum Gasteiger partial charge on any atom is -0.388 e. The molecule has 0 saturated carbocycles. The second kappa shape index (κ2) is 6.65. The fourth-order valence-corrected chi connectivity index (χ4v) is 2.79. The summed E-state index contributed by atoms with van der Waals surface area (Å²) >= 11 is 0. The van der Waals surface area contributed by atoms with Crippen LogP contribution in [0, 0.1) is 0 Å². The number of nitrogens with one attached hydrogen (secondary N) is 2. The van der Waals surface area contributed by atoms with Crippen molar-refractivity contribution in [2.75, 3.05) is 45.9 Å². The van der Waals surface area contributed by atoms with Crippen LogP contribution in [0.4, 0.5) is 0 Å². The first-order chi connectivity index (χ1) is 9.14. The number of carbonyl (C=O) groups excluding carboxylic acids is 1. The Labute approximate surface area is 114 Å². The number of β-amino-alcohol motifs (C(OH)–C–C–N with tert-alkyl or cyclic N) is 1. The zero-order valence-corrected chi connectivity index (χ0v) is 11.7. The van der Waals surface area contributed by atoms with Gasteiger partial charge < -0.3 is 20.5 Å². The topological polar surface area (TPSA) is 73.8 Å². The average molecular weight is 271 g/mol. The van der Waals surface area contributed by atoms with Crippen molar-refractivity contribution in [2.45, 2.75) is 31.4 Å². The largest absolute Gasteiger partial charge is 0.388 e. The summed E-state index contributed by atoms with van der Waals surface area (Å²) in [5.74, 6) is -0.000246. The summed E-state index contributed by atoms with van der Waals surface area (Å²) in [5, 5.41) is 16.7. The highest BCUT2D eigenvalue weighted by molar-refractivity contribution is 5.81. The van der Waals surface area contributed by atoms with Gasteiger partial charge in [-0.3, -0.25) is 9.69 Å². The molecule has 6 heteroatoms. The Morgan fingerprint density at radius 3 is 2.95 bits per heavy atom. The molecule has 2 aliphatic rings. The molecule has 2 aliphatic heterocycles.